The molecule has 0 atom stereocenters. The summed E-state index contributed by atoms with van der Waals surface area (Å²) in [5.41, 5.74) is 5.29. The molecule has 1 aromatic carbocycles. The highest BCUT2D eigenvalue weighted by Crippen LogP contribution is 2.41. The van der Waals surface area contributed by atoms with Gasteiger partial charge in [0, 0.05) is 11.3 Å². The normalized spacial score (nSPS) is 15.8. The zero-order valence-electron chi connectivity index (χ0n) is 12.6. The fourth-order valence-corrected chi connectivity index (χ4v) is 3.10. The SMILES string of the molecule is CCCNCc1nc2c([nH]1)CC(C)(C)c1ccccc1-2. The predicted octanol–water partition coefficient (Wildman–Crippen LogP) is 3.41. The molecule has 1 heterocycles. The Morgan fingerprint density at radius 3 is 2.90 bits per heavy atom. The molecule has 0 saturated carbocycles. The second-order valence-corrected chi connectivity index (χ2v) is 6.29. The maximum absolute atomic E-state index is 4.81. The van der Waals surface area contributed by atoms with Crippen LogP contribution in [-0.4, -0.2) is 16.5 Å². The number of aromatic amines is 1. The lowest BCUT2D eigenvalue weighted by Gasteiger charge is -2.31. The highest BCUT2D eigenvalue weighted by Gasteiger charge is 2.32. The van der Waals surface area contributed by atoms with Crippen molar-refractivity contribution >= 4 is 0 Å². The van der Waals surface area contributed by atoms with E-state index in [4.69, 9.17) is 4.98 Å². The van der Waals surface area contributed by atoms with E-state index in [0.29, 0.717) is 0 Å². The average molecular weight is 269 g/mol. The summed E-state index contributed by atoms with van der Waals surface area (Å²) in [5.74, 6) is 1.05. The number of hydrogen-bond acceptors (Lipinski definition) is 2. The molecule has 0 saturated heterocycles. The van der Waals surface area contributed by atoms with Gasteiger partial charge in [-0.1, -0.05) is 45.0 Å². The number of H-pyrrole nitrogens is 1. The monoisotopic (exact) mass is 269 g/mol. The van der Waals surface area contributed by atoms with Gasteiger partial charge < -0.3 is 10.3 Å². The van der Waals surface area contributed by atoms with Gasteiger partial charge in [-0.05, 0) is 30.4 Å². The van der Waals surface area contributed by atoms with Gasteiger partial charge in [0.25, 0.3) is 0 Å². The molecule has 0 spiro atoms. The van der Waals surface area contributed by atoms with Crippen molar-refractivity contribution in [3.63, 3.8) is 0 Å². The van der Waals surface area contributed by atoms with Crippen molar-refractivity contribution in [2.24, 2.45) is 0 Å². The molecule has 1 aliphatic carbocycles. The molecule has 3 heteroatoms. The number of nitrogens with zero attached hydrogens (tertiary/aromatic N) is 1. The Morgan fingerprint density at radius 1 is 1.30 bits per heavy atom. The quantitative estimate of drug-likeness (QED) is 0.835. The van der Waals surface area contributed by atoms with Crippen LogP contribution in [0.15, 0.2) is 24.3 Å². The van der Waals surface area contributed by atoms with Crippen LogP contribution in [0.3, 0.4) is 0 Å². The van der Waals surface area contributed by atoms with Gasteiger partial charge in [0.1, 0.15) is 5.82 Å². The molecular formula is C17H23N3. The van der Waals surface area contributed by atoms with Crippen molar-refractivity contribution in [1.29, 1.82) is 0 Å². The smallest absolute Gasteiger partial charge is 0.121 e. The predicted molar refractivity (Wildman–Crippen MR) is 82.8 cm³/mol. The fraction of sp³-hybridized carbons (Fsp3) is 0.471. The van der Waals surface area contributed by atoms with Gasteiger partial charge in [-0.3, -0.25) is 0 Å². The first kappa shape index (κ1) is 13.4. The number of fused-ring (bicyclic) bond motifs is 3. The third-order valence-electron chi connectivity index (χ3n) is 4.08. The molecule has 3 nitrogen and oxygen atoms in total. The average Bonchev–Trinajstić information content (AvgIpc) is 2.81. The molecule has 3 rings (SSSR count). The number of rotatable bonds is 4. The Hall–Kier alpha value is -1.61. The number of aromatic nitrogens is 2. The van der Waals surface area contributed by atoms with E-state index in [1.807, 2.05) is 0 Å². The van der Waals surface area contributed by atoms with Crippen LogP contribution in [0.5, 0.6) is 0 Å². The molecule has 2 N–H and O–H groups in total. The van der Waals surface area contributed by atoms with Crippen LogP contribution >= 0.6 is 0 Å². The third kappa shape index (κ3) is 2.27. The molecule has 0 aliphatic heterocycles. The highest BCUT2D eigenvalue weighted by atomic mass is 15.0. The van der Waals surface area contributed by atoms with E-state index < -0.39 is 0 Å². The lowest BCUT2D eigenvalue weighted by Crippen LogP contribution is -2.25. The zero-order chi connectivity index (χ0) is 14.2. The summed E-state index contributed by atoms with van der Waals surface area (Å²) in [5, 5.41) is 3.41. The Balaban J connectivity index is 1.97. The van der Waals surface area contributed by atoms with Crippen LogP contribution in [0, 0.1) is 0 Å². The minimum atomic E-state index is 0.171. The first-order valence-corrected chi connectivity index (χ1v) is 7.50. The lowest BCUT2D eigenvalue weighted by atomic mass is 9.73. The summed E-state index contributed by atoms with van der Waals surface area (Å²) in [4.78, 5) is 8.33. The third-order valence-corrected chi connectivity index (χ3v) is 4.08. The van der Waals surface area contributed by atoms with Crippen molar-refractivity contribution in [3.05, 3.63) is 41.3 Å². The number of hydrogen-bond donors (Lipinski definition) is 2. The van der Waals surface area contributed by atoms with Crippen molar-refractivity contribution in [2.75, 3.05) is 6.54 Å². The Morgan fingerprint density at radius 2 is 2.10 bits per heavy atom. The minimum Gasteiger partial charge on any atom is -0.344 e. The van der Waals surface area contributed by atoms with Gasteiger partial charge in [-0.15, -0.1) is 0 Å². The van der Waals surface area contributed by atoms with Crippen LogP contribution in [-0.2, 0) is 18.4 Å². The van der Waals surface area contributed by atoms with Crippen LogP contribution in [0.4, 0.5) is 0 Å². The summed E-state index contributed by atoms with van der Waals surface area (Å²) in [6.07, 6.45) is 2.18. The van der Waals surface area contributed by atoms with Crippen LogP contribution in [0.25, 0.3) is 11.3 Å². The second-order valence-electron chi connectivity index (χ2n) is 6.29. The second kappa shape index (κ2) is 5.06. The molecule has 0 unspecified atom stereocenters. The molecule has 0 radical (unpaired) electrons. The molecule has 20 heavy (non-hydrogen) atoms. The lowest BCUT2D eigenvalue weighted by molar-refractivity contribution is 0.510. The molecule has 0 bridgehead atoms. The van der Waals surface area contributed by atoms with E-state index in [9.17, 15) is 0 Å². The Kier molecular flexibility index (Phi) is 3.38. The maximum Gasteiger partial charge on any atom is 0.121 e. The van der Waals surface area contributed by atoms with Crippen LogP contribution < -0.4 is 5.32 Å². The van der Waals surface area contributed by atoms with Crippen molar-refractivity contribution < 1.29 is 0 Å². The van der Waals surface area contributed by atoms with E-state index >= 15 is 0 Å². The van der Waals surface area contributed by atoms with E-state index in [-0.39, 0.29) is 5.41 Å². The van der Waals surface area contributed by atoms with Gasteiger partial charge in [-0.2, -0.15) is 0 Å². The van der Waals surface area contributed by atoms with Crippen LogP contribution in [0.2, 0.25) is 0 Å². The largest absolute Gasteiger partial charge is 0.344 e. The molecule has 0 fully saturated rings. The molecule has 2 aromatic rings. The van der Waals surface area contributed by atoms with E-state index in [2.05, 4.69) is 55.3 Å². The van der Waals surface area contributed by atoms with Gasteiger partial charge >= 0.3 is 0 Å². The first-order valence-electron chi connectivity index (χ1n) is 7.50. The number of nitrogens with one attached hydrogen (secondary N) is 2. The van der Waals surface area contributed by atoms with Crippen molar-refractivity contribution in [2.45, 2.75) is 45.6 Å². The number of benzene rings is 1. The Labute approximate surface area is 120 Å². The molecule has 0 amide bonds. The van der Waals surface area contributed by atoms with Crippen molar-refractivity contribution in [1.82, 2.24) is 15.3 Å². The highest BCUT2D eigenvalue weighted by molar-refractivity contribution is 5.70. The summed E-state index contributed by atoms with van der Waals surface area (Å²) in [7, 11) is 0. The van der Waals surface area contributed by atoms with Crippen molar-refractivity contribution in [3.8, 4) is 11.3 Å². The molecule has 106 valence electrons. The summed E-state index contributed by atoms with van der Waals surface area (Å²) >= 11 is 0. The first-order chi connectivity index (χ1) is 9.62. The minimum absolute atomic E-state index is 0.171. The van der Waals surface area contributed by atoms with E-state index in [1.54, 1.807) is 0 Å². The molecule has 1 aromatic heterocycles. The number of imidazole rings is 1. The summed E-state index contributed by atoms with van der Waals surface area (Å²) in [6, 6.07) is 8.66. The standard InChI is InChI=1S/C17H23N3/c1-4-9-18-11-15-19-14-10-17(2,3)13-8-6-5-7-12(13)16(14)20-15/h5-8,18H,4,9-11H2,1-3H3,(H,19,20). The summed E-state index contributed by atoms with van der Waals surface area (Å²) < 4.78 is 0. The molecule has 1 aliphatic rings. The van der Waals surface area contributed by atoms with E-state index in [0.717, 1.165) is 37.4 Å². The topological polar surface area (TPSA) is 40.7 Å². The van der Waals surface area contributed by atoms with Gasteiger partial charge in [0.15, 0.2) is 0 Å². The fourth-order valence-electron chi connectivity index (χ4n) is 3.10. The molecular weight excluding hydrogens is 246 g/mol. The van der Waals surface area contributed by atoms with Gasteiger partial charge in [0.05, 0.1) is 12.2 Å². The zero-order valence-corrected chi connectivity index (χ0v) is 12.6. The van der Waals surface area contributed by atoms with Gasteiger partial charge in [0.2, 0.25) is 0 Å². The van der Waals surface area contributed by atoms with Crippen LogP contribution in [0.1, 0.15) is 44.3 Å². The summed E-state index contributed by atoms with van der Waals surface area (Å²) in [6.45, 7) is 8.66. The van der Waals surface area contributed by atoms with Gasteiger partial charge in [-0.25, -0.2) is 4.98 Å². The maximum atomic E-state index is 4.81. The van der Waals surface area contributed by atoms with E-state index in [1.165, 1.54) is 16.8 Å². The Bertz CT molecular complexity index is 610.